The Morgan fingerprint density at radius 3 is 2.84 bits per heavy atom. The molecule has 0 saturated heterocycles. The van der Waals surface area contributed by atoms with E-state index in [4.69, 9.17) is 16.3 Å². The zero-order chi connectivity index (χ0) is 13.8. The van der Waals surface area contributed by atoms with Crippen LogP contribution in [0, 0.1) is 0 Å². The second kappa shape index (κ2) is 6.08. The van der Waals surface area contributed by atoms with Gasteiger partial charge < -0.3 is 9.84 Å². The lowest BCUT2D eigenvalue weighted by Crippen LogP contribution is -2.00. The molecule has 1 heterocycles. The lowest BCUT2D eigenvalue weighted by molar-refractivity contribution is 0.220. The average Bonchev–Trinajstić information content (AvgIpc) is 2.87. The number of aromatic nitrogens is 2. The van der Waals surface area contributed by atoms with Crippen molar-refractivity contribution in [3.05, 3.63) is 46.7 Å². The third kappa shape index (κ3) is 3.08. The zero-order valence-electron chi connectivity index (χ0n) is 11.0. The molecule has 0 amide bonds. The molecule has 0 radical (unpaired) electrons. The summed E-state index contributed by atoms with van der Waals surface area (Å²) in [6.07, 6.45) is 3.81. The lowest BCUT2D eigenvalue weighted by Gasteiger charge is -2.11. The number of aryl methyl sites for hydroxylation is 1. The number of methoxy groups -OCH3 is 1. The van der Waals surface area contributed by atoms with Crippen molar-refractivity contribution in [1.82, 2.24) is 9.78 Å². The van der Waals surface area contributed by atoms with Crippen molar-refractivity contribution in [2.24, 2.45) is 0 Å². The van der Waals surface area contributed by atoms with Crippen LogP contribution < -0.4 is 4.74 Å². The Morgan fingerprint density at radius 2 is 2.21 bits per heavy atom. The highest BCUT2D eigenvalue weighted by atomic mass is 35.5. The van der Waals surface area contributed by atoms with Crippen LogP contribution in [0.3, 0.4) is 0 Å². The van der Waals surface area contributed by atoms with Crippen LogP contribution in [0.15, 0.2) is 30.6 Å². The Bertz CT molecular complexity index is 554. The fourth-order valence-electron chi connectivity index (χ4n) is 1.92. The maximum Gasteiger partial charge on any atom is 0.137 e. The van der Waals surface area contributed by atoms with Gasteiger partial charge in [-0.25, -0.2) is 0 Å². The molecule has 1 atom stereocenters. The molecule has 0 fully saturated rings. The van der Waals surface area contributed by atoms with Gasteiger partial charge in [-0.05, 0) is 24.1 Å². The smallest absolute Gasteiger partial charge is 0.137 e. The monoisotopic (exact) mass is 280 g/mol. The predicted octanol–water partition coefficient (Wildman–Crippen LogP) is 3.04. The lowest BCUT2D eigenvalue weighted by atomic mass is 10.0. The van der Waals surface area contributed by atoms with Crippen molar-refractivity contribution in [2.75, 3.05) is 7.11 Å². The largest absolute Gasteiger partial charge is 0.495 e. The molecule has 19 heavy (non-hydrogen) atoms. The van der Waals surface area contributed by atoms with Gasteiger partial charge in [0.1, 0.15) is 11.9 Å². The topological polar surface area (TPSA) is 47.3 Å². The molecule has 5 heteroatoms. The highest BCUT2D eigenvalue weighted by Crippen LogP contribution is 2.30. The number of ether oxygens (including phenoxy) is 1. The maximum atomic E-state index is 10.3. The second-order valence-corrected chi connectivity index (χ2v) is 4.74. The standard InChI is InChI=1S/C14H17ClN2O2/c1-3-6-17-9-11(8-16-17)14(18)10-4-5-13(19-2)12(15)7-10/h4-5,7-9,14,18H,3,6H2,1-2H3. The van der Waals surface area contributed by atoms with E-state index in [2.05, 4.69) is 12.0 Å². The minimum Gasteiger partial charge on any atom is -0.495 e. The average molecular weight is 281 g/mol. The van der Waals surface area contributed by atoms with E-state index < -0.39 is 6.10 Å². The highest BCUT2D eigenvalue weighted by Gasteiger charge is 2.14. The number of halogens is 1. The van der Waals surface area contributed by atoms with E-state index in [-0.39, 0.29) is 0 Å². The number of aliphatic hydroxyl groups is 1. The SMILES string of the molecule is CCCn1cc(C(O)c2ccc(OC)c(Cl)c2)cn1. The van der Waals surface area contributed by atoms with Crippen molar-refractivity contribution < 1.29 is 9.84 Å². The molecule has 1 unspecified atom stereocenters. The molecule has 0 bridgehead atoms. The minimum absolute atomic E-state index is 0.486. The number of benzene rings is 1. The van der Waals surface area contributed by atoms with Gasteiger partial charge in [-0.2, -0.15) is 5.10 Å². The van der Waals surface area contributed by atoms with Crippen molar-refractivity contribution in [3.8, 4) is 5.75 Å². The number of rotatable bonds is 5. The Kier molecular flexibility index (Phi) is 4.45. The molecular weight excluding hydrogens is 264 g/mol. The van der Waals surface area contributed by atoms with Gasteiger partial charge >= 0.3 is 0 Å². The van der Waals surface area contributed by atoms with Crippen LogP contribution in [0.2, 0.25) is 5.02 Å². The molecule has 0 aliphatic carbocycles. The summed E-state index contributed by atoms with van der Waals surface area (Å²) in [6.45, 7) is 2.93. The Balaban J connectivity index is 2.22. The van der Waals surface area contributed by atoms with Crippen molar-refractivity contribution in [3.63, 3.8) is 0 Å². The number of hydrogen-bond acceptors (Lipinski definition) is 3. The van der Waals surface area contributed by atoms with Gasteiger partial charge in [-0.15, -0.1) is 0 Å². The first-order valence-electron chi connectivity index (χ1n) is 6.19. The van der Waals surface area contributed by atoms with E-state index in [1.54, 1.807) is 31.5 Å². The first kappa shape index (κ1) is 13.9. The summed E-state index contributed by atoms with van der Waals surface area (Å²) in [4.78, 5) is 0. The van der Waals surface area contributed by atoms with Crippen LogP contribution in [0.4, 0.5) is 0 Å². The summed E-state index contributed by atoms with van der Waals surface area (Å²) in [5, 5.41) is 15.0. The highest BCUT2D eigenvalue weighted by molar-refractivity contribution is 6.32. The van der Waals surface area contributed by atoms with Crippen LogP contribution >= 0.6 is 11.6 Å². The van der Waals surface area contributed by atoms with Crippen molar-refractivity contribution >= 4 is 11.6 Å². The van der Waals surface area contributed by atoms with Gasteiger partial charge in [0.05, 0.1) is 18.3 Å². The Labute approximate surface area is 117 Å². The van der Waals surface area contributed by atoms with Crippen LogP contribution in [0.25, 0.3) is 0 Å². The van der Waals surface area contributed by atoms with E-state index in [0.717, 1.165) is 24.1 Å². The van der Waals surface area contributed by atoms with Gasteiger partial charge in [-0.1, -0.05) is 24.6 Å². The van der Waals surface area contributed by atoms with E-state index in [9.17, 15) is 5.11 Å². The molecule has 2 rings (SSSR count). The first-order chi connectivity index (χ1) is 9.15. The van der Waals surface area contributed by atoms with E-state index >= 15 is 0 Å². The molecule has 1 aromatic heterocycles. The first-order valence-corrected chi connectivity index (χ1v) is 6.57. The molecule has 1 aromatic carbocycles. The maximum absolute atomic E-state index is 10.3. The normalized spacial score (nSPS) is 12.4. The zero-order valence-corrected chi connectivity index (χ0v) is 11.8. The van der Waals surface area contributed by atoms with Crippen LogP contribution in [0.1, 0.15) is 30.6 Å². The molecule has 1 N–H and O–H groups in total. The molecule has 0 saturated carbocycles. The summed E-state index contributed by atoms with van der Waals surface area (Å²) < 4.78 is 6.91. The molecule has 0 spiro atoms. The van der Waals surface area contributed by atoms with Crippen molar-refractivity contribution in [2.45, 2.75) is 26.0 Å². The fourth-order valence-corrected chi connectivity index (χ4v) is 2.18. The van der Waals surface area contributed by atoms with E-state index in [1.165, 1.54) is 0 Å². The van der Waals surface area contributed by atoms with E-state index in [0.29, 0.717) is 10.8 Å². The molecule has 0 aliphatic rings. The number of aliphatic hydroxyl groups excluding tert-OH is 1. The Hall–Kier alpha value is -1.52. The van der Waals surface area contributed by atoms with Gasteiger partial charge in [0.2, 0.25) is 0 Å². The predicted molar refractivity (Wildman–Crippen MR) is 74.6 cm³/mol. The third-order valence-electron chi connectivity index (χ3n) is 2.91. The number of nitrogens with zero attached hydrogens (tertiary/aromatic N) is 2. The van der Waals surface area contributed by atoms with Crippen LogP contribution in [0.5, 0.6) is 5.75 Å². The summed E-state index contributed by atoms with van der Waals surface area (Å²) >= 11 is 6.06. The second-order valence-electron chi connectivity index (χ2n) is 4.33. The Morgan fingerprint density at radius 1 is 1.42 bits per heavy atom. The van der Waals surface area contributed by atoms with Gasteiger partial charge in [0, 0.05) is 18.3 Å². The summed E-state index contributed by atoms with van der Waals surface area (Å²) in [5.74, 6) is 0.597. The van der Waals surface area contributed by atoms with Gasteiger partial charge in [0.15, 0.2) is 0 Å². The quantitative estimate of drug-likeness (QED) is 0.916. The molecular formula is C14H17ClN2O2. The molecule has 102 valence electrons. The summed E-state index contributed by atoms with van der Waals surface area (Å²) in [6, 6.07) is 5.26. The van der Waals surface area contributed by atoms with E-state index in [1.807, 2.05) is 10.9 Å². The molecule has 4 nitrogen and oxygen atoms in total. The van der Waals surface area contributed by atoms with Gasteiger partial charge in [0.25, 0.3) is 0 Å². The van der Waals surface area contributed by atoms with Crippen LogP contribution in [-0.2, 0) is 6.54 Å². The fraction of sp³-hybridized carbons (Fsp3) is 0.357. The summed E-state index contributed by atoms with van der Waals surface area (Å²) in [5.41, 5.74) is 1.48. The number of hydrogen-bond donors (Lipinski definition) is 1. The third-order valence-corrected chi connectivity index (χ3v) is 3.21. The molecule has 0 aliphatic heterocycles. The minimum atomic E-state index is -0.728. The van der Waals surface area contributed by atoms with Crippen LogP contribution in [-0.4, -0.2) is 22.0 Å². The molecule has 2 aromatic rings. The summed E-state index contributed by atoms with van der Waals surface area (Å²) in [7, 11) is 1.56. The van der Waals surface area contributed by atoms with Gasteiger partial charge in [-0.3, -0.25) is 4.68 Å². The van der Waals surface area contributed by atoms with Crippen molar-refractivity contribution in [1.29, 1.82) is 0 Å².